The number of ether oxygens (including phenoxy) is 1. The van der Waals surface area contributed by atoms with E-state index in [1.165, 1.54) is 5.57 Å². The first-order valence-corrected chi connectivity index (χ1v) is 4.85. The molecule has 1 unspecified atom stereocenters. The van der Waals surface area contributed by atoms with Gasteiger partial charge in [-0.25, -0.2) is 0 Å². The molecule has 0 aliphatic carbocycles. The van der Waals surface area contributed by atoms with E-state index in [0.717, 1.165) is 11.1 Å². The molecule has 2 nitrogen and oxygen atoms in total. The fraction of sp³-hybridized carbons (Fsp3) is 0.333. The fourth-order valence-corrected chi connectivity index (χ4v) is 1.31. The smallest absolute Gasteiger partial charge is 0.294 e. The largest absolute Gasteiger partial charge is 0.447 e. The van der Waals surface area contributed by atoms with Gasteiger partial charge in [0.2, 0.25) is 0 Å². The monoisotopic (exact) mass is 209 g/mol. The van der Waals surface area contributed by atoms with Crippen molar-refractivity contribution in [1.82, 2.24) is 0 Å². The lowest BCUT2D eigenvalue weighted by atomic mass is 10.0. The minimum absolute atomic E-state index is 0.484. The topological polar surface area (TPSA) is 35.2 Å². The van der Waals surface area contributed by atoms with Crippen LogP contribution in [-0.2, 0) is 0 Å². The summed E-state index contributed by atoms with van der Waals surface area (Å²) in [6.07, 6.45) is 2.02. The van der Waals surface area contributed by atoms with Gasteiger partial charge in [0, 0.05) is 0 Å². The number of aryl methyl sites for hydroxylation is 1. The normalized spacial score (nSPS) is 13.8. The van der Waals surface area contributed by atoms with Crippen molar-refractivity contribution in [3.63, 3.8) is 0 Å². The van der Waals surface area contributed by atoms with Crippen LogP contribution >= 0.6 is 0 Å². The Morgan fingerprint density at radius 1 is 1.53 bits per heavy atom. The molecule has 15 heavy (non-hydrogen) atoms. The maximum atomic E-state index is 12.4. The van der Waals surface area contributed by atoms with Gasteiger partial charge < -0.3 is 4.74 Å². The Bertz CT molecular complexity index is 372. The van der Waals surface area contributed by atoms with E-state index >= 15 is 0 Å². The summed E-state index contributed by atoms with van der Waals surface area (Å²) in [5.41, 5.74) is 8.08. The summed E-state index contributed by atoms with van der Waals surface area (Å²) in [6.45, 7) is 4.10. The Balaban J connectivity index is 2.98. The maximum absolute atomic E-state index is 12.4. The van der Waals surface area contributed by atoms with Crippen LogP contribution < -0.4 is 10.5 Å². The zero-order valence-corrected chi connectivity index (χ0v) is 9.25. The fourth-order valence-electron chi connectivity index (χ4n) is 1.31. The second-order valence-corrected chi connectivity index (χ2v) is 3.42. The quantitative estimate of drug-likeness (QED) is 0.613. The summed E-state index contributed by atoms with van der Waals surface area (Å²) in [7, 11) is 0. The number of hydrogen-bond acceptors (Lipinski definition) is 2. The van der Waals surface area contributed by atoms with Gasteiger partial charge in [0.15, 0.2) is 0 Å². The van der Waals surface area contributed by atoms with Crippen LogP contribution in [0.3, 0.4) is 0 Å². The molecular formula is C12H16FNO. The lowest BCUT2D eigenvalue weighted by Gasteiger charge is -2.11. The van der Waals surface area contributed by atoms with Gasteiger partial charge in [0.1, 0.15) is 5.75 Å². The van der Waals surface area contributed by atoms with Gasteiger partial charge in [-0.2, -0.15) is 4.39 Å². The molecule has 0 saturated carbocycles. The van der Waals surface area contributed by atoms with Crippen molar-refractivity contribution in [2.75, 3.05) is 0 Å². The van der Waals surface area contributed by atoms with Crippen molar-refractivity contribution in [3.8, 4) is 5.75 Å². The van der Waals surface area contributed by atoms with E-state index in [1.54, 1.807) is 6.07 Å². The molecule has 1 rings (SSSR count). The number of nitrogens with two attached hydrogens (primary N) is 1. The molecular weight excluding hydrogens is 193 g/mol. The average molecular weight is 209 g/mol. The van der Waals surface area contributed by atoms with Gasteiger partial charge in [0.25, 0.3) is 6.48 Å². The third-order valence-electron chi connectivity index (χ3n) is 2.30. The first kappa shape index (κ1) is 11.7. The SMILES string of the molecule is C/C=C(\C)c1ccc(OC(N)F)c(C)c1. The van der Waals surface area contributed by atoms with Gasteiger partial charge in [-0.15, -0.1) is 0 Å². The molecule has 0 spiro atoms. The third kappa shape index (κ3) is 3.06. The minimum atomic E-state index is -1.77. The highest BCUT2D eigenvalue weighted by Gasteiger charge is 2.05. The van der Waals surface area contributed by atoms with Crippen molar-refractivity contribution in [1.29, 1.82) is 0 Å². The molecule has 0 heterocycles. The molecule has 0 radical (unpaired) electrons. The standard InChI is InChI=1S/C12H16FNO/c1-4-8(2)10-5-6-11(9(3)7-10)15-12(13)14/h4-7,12H,14H2,1-3H3/b8-4+. The van der Waals surface area contributed by atoms with Crippen LogP contribution in [0.2, 0.25) is 0 Å². The van der Waals surface area contributed by atoms with Gasteiger partial charge in [-0.05, 0) is 49.6 Å². The third-order valence-corrected chi connectivity index (χ3v) is 2.30. The molecule has 1 aromatic rings. The highest BCUT2D eigenvalue weighted by atomic mass is 19.1. The van der Waals surface area contributed by atoms with E-state index in [4.69, 9.17) is 10.5 Å². The molecule has 0 aromatic heterocycles. The van der Waals surface area contributed by atoms with Crippen molar-refractivity contribution >= 4 is 5.57 Å². The molecule has 0 aliphatic heterocycles. The van der Waals surface area contributed by atoms with E-state index < -0.39 is 6.48 Å². The Hall–Kier alpha value is -1.35. The van der Waals surface area contributed by atoms with Gasteiger partial charge in [-0.3, -0.25) is 5.73 Å². The second kappa shape index (κ2) is 4.94. The van der Waals surface area contributed by atoms with Gasteiger partial charge >= 0.3 is 0 Å². The number of allylic oxidation sites excluding steroid dienone is 2. The van der Waals surface area contributed by atoms with Crippen LogP contribution in [0, 0.1) is 6.92 Å². The predicted molar refractivity (Wildman–Crippen MR) is 60.2 cm³/mol. The van der Waals surface area contributed by atoms with Crippen LogP contribution in [0.4, 0.5) is 4.39 Å². The van der Waals surface area contributed by atoms with E-state index in [-0.39, 0.29) is 0 Å². The maximum Gasteiger partial charge on any atom is 0.294 e. The molecule has 0 fully saturated rings. The number of halogens is 1. The number of benzene rings is 1. The molecule has 0 aliphatic rings. The highest BCUT2D eigenvalue weighted by Crippen LogP contribution is 2.23. The van der Waals surface area contributed by atoms with Crippen LogP contribution in [0.1, 0.15) is 25.0 Å². The second-order valence-electron chi connectivity index (χ2n) is 3.42. The molecule has 0 bridgehead atoms. The van der Waals surface area contributed by atoms with Gasteiger partial charge in [-0.1, -0.05) is 12.1 Å². The molecule has 82 valence electrons. The van der Waals surface area contributed by atoms with Crippen molar-refractivity contribution < 1.29 is 9.13 Å². The summed E-state index contributed by atoms with van der Waals surface area (Å²) < 4.78 is 17.2. The first-order chi connectivity index (χ1) is 7.04. The van der Waals surface area contributed by atoms with E-state index in [2.05, 4.69) is 0 Å². The molecule has 0 amide bonds. The number of alkyl halides is 1. The number of hydrogen-bond donors (Lipinski definition) is 1. The summed E-state index contributed by atoms with van der Waals surface area (Å²) >= 11 is 0. The van der Waals surface area contributed by atoms with E-state index in [0.29, 0.717) is 5.75 Å². The molecule has 3 heteroatoms. The molecule has 0 saturated heterocycles. The Kier molecular flexibility index (Phi) is 3.86. The van der Waals surface area contributed by atoms with Crippen LogP contribution in [0.25, 0.3) is 5.57 Å². The minimum Gasteiger partial charge on any atom is -0.447 e. The number of rotatable bonds is 3. The molecule has 1 aromatic carbocycles. The van der Waals surface area contributed by atoms with Gasteiger partial charge in [0.05, 0.1) is 0 Å². The van der Waals surface area contributed by atoms with E-state index in [9.17, 15) is 4.39 Å². The van der Waals surface area contributed by atoms with Crippen LogP contribution in [0.5, 0.6) is 5.75 Å². The Morgan fingerprint density at radius 2 is 2.20 bits per heavy atom. The lowest BCUT2D eigenvalue weighted by molar-refractivity contribution is 0.0735. The predicted octanol–water partition coefficient (Wildman–Crippen LogP) is 3.01. The zero-order valence-electron chi connectivity index (χ0n) is 9.25. The molecule has 2 N–H and O–H groups in total. The zero-order chi connectivity index (χ0) is 11.4. The average Bonchev–Trinajstić information content (AvgIpc) is 2.19. The summed E-state index contributed by atoms with van der Waals surface area (Å²) in [4.78, 5) is 0. The van der Waals surface area contributed by atoms with E-state index in [1.807, 2.05) is 39.0 Å². The van der Waals surface area contributed by atoms with Crippen LogP contribution in [0.15, 0.2) is 24.3 Å². The summed E-state index contributed by atoms with van der Waals surface area (Å²) in [5, 5.41) is 0. The lowest BCUT2D eigenvalue weighted by Crippen LogP contribution is -2.21. The van der Waals surface area contributed by atoms with Crippen molar-refractivity contribution in [2.24, 2.45) is 5.73 Å². The molecule has 1 atom stereocenters. The summed E-state index contributed by atoms with van der Waals surface area (Å²) in [6, 6.07) is 5.57. The Morgan fingerprint density at radius 3 is 2.67 bits per heavy atom. The summed E-state index contributed by atoms with van der Waals surface area (Å²) in [5.74, 6) is 0.484. The highest BCUT2D eigenvalue weighted by molar-refractivity contribution is 5.64. The Labute approximate surface area is 89.6 Å². The van der Waals surface area contributed by atoms with Crippen LogP contribution in [-0.4, -0.2) is 6.48 Å². The first-order valence-electron chi connectivity index (χ1n) is 4.85. The van der Waals surface area contributed by atoms with Crippen molar-refractivity contribution in [2.45, 2.75) is 27.3 Å². The van der Waals surface area contributed by atoms with Crippen molar-refractivity contribution in [3.05, 3.63) is 35.4 Å².